The van der Waals surface area contributed by atoms with Gasteiger partial charge in [0.2, 0.25) is 0 Å². The molecule has 0 radical (unpaired) electrons. The molecule has 0 saturated carbocycles. The topological polar surface area (TPSA) is 0 Å². The van der Waals surface area contributed by atoms with Crippen LogP contribution < -0.4 is 0 Å². The molecule has 0 atom stereocenters. The highest BCUT2D eigenvalue weighted by atomic mass is 79.9. The van der Waals surface area contributed by atoms with E-state index in [1.807, 2.05) is 0 Å². The van der Waals surface area contributed by atoms with E-state index < -0.39 is 0 Å². The molecule has 0 bridgehead atoms. The van der Waals surface area contributed by atoms with E-state index in [1.54, 1.807) is 0 Å². The molecule has 0 saturated heterocycles. The van der Waals surface area contributed by atoms with Crippen molar-refractivity contribution in [3.63, 3.8) is 0 Å². The molecule has 41 heavy (non-hydrogen) atoms. The summed E-state index contributed by atoms with van der Waals surface area (Å²) in [6.45, 7) is 0. The van der Waals surface area contributed by atoms with Crippen LogP contribution in [0.4, 0.5) is 0 Å². The van der Waals surface area contributed by atoms with Gasteiger partial charge in [-0.05, 0) is 100 Å². The summed E-state index contributed by atoms with van der Waals surface area (Å²) in [5.41, 5.74) is 10.4. The minimum Gasteiger partial charge on any atom is -0.0622 e. The van der Waals surface area contributed by atoms with Crippen LogP contribution in [0.25, 0.3) is 87.6 Å². The Morgan fingerprint density at radius 1 is 0.341 bits per heavy atom. The molecule has 0 amide bonds. The van der Waals surface area contributed by atoms with Crippen LogP contribution in [0.15, 0.2) is 144 Å². The van der Waals surface area contributed by atoms with Crippen molar-refractivity contribution in [3.05, 3.63) is 144 Å². The Bertz CT molecular complexity index is 2340. The molecule has 0 nitrogen and oxygen atoms in total. The fraction of sp³-hybridized carbons (Fsp3) is 0. The standard InChI is InChI=1S/C40H23Br/c41-35-19-9-18-31-38(35)29-21-20-27(24-10-3-1-4-11-24)22-32(29)34-23-33-28-16-7-14-25-15-8-17-30(36(25)28)39(33)37(40(31)34)26-12-5-2-6-13-26/h1-23H. The molecular weight excluding hydrogens is 560 g/mol. The minimum atomic E-state index is 1.12. The molecule has 0 aromatic heterocycles. The largest absolute Gasteiger partial charge is 0.0622 e. The maximum atomic E-state index is 3.96. The van der Waals surface area contributed by atoms with Crippen molar-refractivity contribution in [2.45, 2.75) is 0 Å². The monoisotopic (exact) mass is 582 g/mol. The molecule has 1 heteroatoms. The van der Waals surface area contributed by atoms with Crippen molar-refractivity contribution in [1.82, 2.24) is 0 Å². The summed E-state index contributed by atoms with van der Waals surface area (Å²) >= 11 is 3.96. The lowest BCUT2D eigenvalue weighted by molar-refractivity contribution is 1.64. The minimum absolute atomic E-state index is 1.12. The third kappa shape index (κ3) is 3.21. The predicted molar refractivity (Wildman–Crippen MR) is 179 cm³/mol. The molecule has 1 aliphatic rings. The number of halogens is 1. The lowest BCUT2D eigenvalue weighted by Crippen LogP contribution is -1.92. The van der Waals surface area contributed by atoms with E-state index in [2.05, 4.69) is 155 Å². The van der Waals surface area contributed by atoms with Crippen LogP contribution in [0.1, 0.15) is 0 Å². The summed E-state index contributed by atoms with van der Waals surface area (Å²) in [4.78, 5) is 0. The molecule has 0 unspecified atom stereocenters. The third-order valence-electron chi connectivity index (χ3n) is 8.82. The highest BCUT2D eigenvalue weighted by Crippen LogP contribution is 2.55. The maximum Gasteiger partial charge on any atom is 0.0260 e. The van der Waals surface area contributed by atoms with Crippen LogP contribution in [0, 0.1) is 0 Å². The molecular formula is C40H23Br. The van der Waals surface area contributed by atoms with Crippen LogP contribution in [-0.4, -0.2) is 0 Å². The van der Waals surface area contributed by atoms with Gasteiger partial charge in [0, 0.05) is 9.86 Å². The van der Waals surface area contributed by atoms with Crippen molar-refractivity contribution in [2.24, 2.45) is 0 Å². The van der Waals surface area contributed by atoms with E-state index in [4.69, 9.17) is 0 Å². The van der Waals surface area contributed by atoms with Gasteiger partial charge in [0.15, 0.2) is 0 Å². The first-order valence-corrected chi connectivity index (χ1v) is 14.9. The van der Waals surface area contributed by atoms with Crippen molar-refractivity contribution < 1.29 is 0 Å². The molecule has 8 aromatic carbocycles. The summed E-state index contributed by atoms with van der Waals surface area (Å²) in [5, 5.41) is 10.4. The van der Waals surface area contributed by atoms with E-state index in [9.17, 15) is 0 Å². The van der Waals surface area contributed by atoms with Gasteiger partial charge in [-0.15, -0.1) is 0 Å². The van der Waals surface area contributed by atoms with Crippen molar-refractivity contribution in [2.75, 3.05) is 0 Å². The van der Waals surface area contributed by atoms with Gasteiger partial charge in [-0.3, -0.25) is 0 Å². The number of hydrogen-bond acceptors (Lipinski definition) is 0. The predicted octanol–water partition coefficient (Wildman–Crippen LogP) is 12.0. The Kier molecular flexibility index (Phi) is 4.85. The van der Waals surface area contributed by atoms with E-state index in [0.29, 0.717) is 0 Å². The van der Waals surface area contributed by atoms with Gasteiger partial charge in [0.25, 0.3) is 0 Å². The van der Waals surface area contributed by atoms with E-state index in [0.717, 1.165) is 4.47 Å². The molecule has 9 rings (SSSR count). The molecule has 0 N–H and O–H groups in total. The normalized spacial score (nSPS) is 12.0. The first-order chi connectivity index (χ1) is 20.3. The van der Waals surface area contributed by atoms with Gasteiger partial charge in [0.05, 0.1) is 0 Å². The lowest BCUT2D eigenvalue weighted by atomic mass is 9.83. The van der Waals surface area contributed by atoms with E-state index in [-0.39, 0.29) is 0 Å². The highest BCUT2D eigenvalue weighted by molar-refractivity contribution is 9.10. The van der Waals surface area contributed by atoms with Crippen LogP contribution in [0.2, 0.25) is 0 Å². The summed E-state index contributed by atoms with van der Waals surface area (Å²) in [6.07, 6.45) is 0. The molecule has 190 valence electrons. The van der Waals surface area contributed by atoms with Crippen LogP contribution in [-0.2, 0) is 0 Å². The van der Waals surface area contributed by atoms with Crippen LogP contribution in [0.3, 0.4) is 0 Å². The Balaban J connectivity index is 1.56. The zero-order valence-electron chi connectivity index (χ0n) is 22.2. The number of hydrogen-bond donors (Lipinski definition) is 0. The third-order valence-corrected chi connectivity index (χ3v) is 9.48. The van der Waals surface area contributed by atoms with Gasteiger partial charge in [-0.25, -0.2) is 0 Å². The zero-order chi connectivity index (χ0) is 27.1. The van der Waals surface area contributed by atoms with Gasteiger partial charge < -0.3 is 0 Å². The van der Waals surface area contributed by atoms with Gasteiger partial charge in [-0.2, -0.15) is 0 Å². The van der Waals surface area contributed by atoms with Gasteiger partial charge in [-0.1, -0.05) is 137 Å². The fourth-order valence-electron chi connectivity index (χ4n) is 7.14. The average Bonchev–Trinajstić information content (AvgIpc) is 3.35. The average molecular weight is 584 g/mol. The summed E-state index contributed by atoms with van der Waals surface area (Å²) in [7, 11) is 0. The Hall–Kier alpha value is -4.72. The highest BCUT2D eigenvalue weighted by Gasteiger charge is 2.28. The van der Waals surface area contributed by atoms with E-state index >= 15 is 0 Å². The second-order valence-corrected chi connectivity index (χ2v) is 11.8. The van der Waals surface area contributed by atoms with E-state index in [1.165, 1.54) is 87.6 Å². The molecule has 8 aromatic rings. The summed E-state index contributed by atoms with van der Waals surface area (Å²) in [6, 6.07) is 51.3. The summed E-state index contributed by atoms with van der Waals surface area (Å²) < 4.78 is 1.12. The smallest absolute Gasteiger partial charge is 0.0260 e. The van der Waals surface area contributed by atoms with Crippen molar-refractivity contribution >= 4 is 59.0 Å². The van der Waals surface area contributed by atoms with Crippen LogP contribution in [0.5, 0.6) is 0 Å². The number of benzene rings is 8. The summed E-state index contributed by atoms with van der Waals surface area (Å²) in [5.74, 6) is 0. The molecule has 0 aliphatic heterocycles. The zero-order valence-corrected chi connectivity index (χ0v) is 23.7. The molecule has 0 fully saturated rings. The van der Waals surface area contributed by atoms with Crippen molar-refractivity contribution in [1.29, 1.82) is 0 Å². The SMILES string of the molecule is Brc1cccc2c1c1ccc(-c3ccccc3)cc1c1cc3c(c(-c4ccccc4)c12)-c1cccc2cccc-3c12. The second kappa shape index (κ2) is 8.64. The molecule has 0 heterocycles. The number of rotatable bonds is 2. The van der Waals surface area contributed by atoms with Crippen LogP contribution >= 0.6 is 15.9 Å². The molecule has 1 aliphatic carbocycles. The van der Waals surface area contributed by atoms with Gasteiger partial charge >= 0.3 is 0 Å². The maximum absolute atomic E-state index is 3.96. The lowest BCUT2D eigenvalue weighted by Gasteiger charge is -2.20. The van der Waals surface area contributed by atoms with Crippen molar-refractivity contribution in [3.8, 4) is 44.5 Å². The Labute approximate surface area is 246 Å². The Morgan fingerprint density at radius 3 is 1.83 bits per heavy atom. The van der Waals surface area contributed by atoms with Gasteiger partial charge in [0.1, 0.15) is 0 Å². The fourth-order valence-corrected chi connectivity index (χ4v) is 7.72. The first-order valence-electron chi connectivity index (χ1n) is 14.1. The molecule has 0 spiro atoms. The second-order valence-electron chi connectivity index (χ2n) is 11.0. The quantitative estimate of drug-likeness (QED) is 0.178. The number of fused-ring (bicyclic) bond motifs is 9. The first kappa shape index (κ1) is 23.0. The Morgan fingerprint density at radius 2 is 1.05 bits per heavy atom.